The molecule has 1 heterocycles. The molecule has 0 aliphatic carbocycles. The topological polar surface area (TPSA) is 102 Å². The Bertz CT molecular complexity index is 712. The van der Waals surface area contributed by atoms with Gasteiger partial charge in [-0.05, 0) is 30.2 Å². The molecule has 1 aromatic heterocycles. The summed E-state index contributed by atoms with van der Waals surface area (Å²) in [6, 6.07) is 6.03. The molecule has 2 aromatic rings. The van der Waals surface area contributed by atoms with Crippen LogP contribution in [0.2, 0.25) is 0 Å². The quantitative estimate of drug-likeness (QED) is 0.745. The molecule has 0 radical (unpaired) electrons. The fourth-order valence-corrected chi connectivity index (χ4v) is 2.87. The number of hydrogen-bond donors (Lipinski definition) is 3. The fourth-order valence-electron chi connectivity index (χ4n) is 2.07. The number of nitrogens with zero attached hydrogens (tertiary/aromatic N) is 2. The van der Waals surface area contributed by atoms with Crippen LogP contribution in [0.1, 0.15) is 13.8 Å². The Balaban J connectivity index is 2.01. The third-order valence-corrected chi connectivity index (χ3v) is 4.44. The van der Waals surface area contributed by atoms with Gasteiger partial charge in [0.2, 0.25) is 5.91 Å². The van der Waals surface area contributed by atoms with E-state index in [1.165, 1.54) is 11.8 Å². The number of benzene rings is 1. The average Bonchev–Trinajstić information content (AvgIpc) is 2.91. The van der Waals surface area contributed by atoms with Gasteiger partial charge in [-0.3, -0.25) is 4.79 Å². The number of imidazole rings is 1. The lowest BCUT2D eigenvalue weighted by Crippen LogP contribution is -2.49. The minimum absolute atomic E-state index is 0.0734. The largest absolute Gasteiger partial charge is 0.352 e. The first-order chi connectivity index (χ1) is 11.4. The van der Waals surface area contributed by atoms with E-state index in [0.29, 0.717) is 5.69 Å². The molecule has 7 nitrogen and oxygen atoms in total. The van der Waals surface area contributed by atoms with Crippen molar-refractivity contribution in [2.45, 2.75) is 29.9 Å². The Morgan fingerprint density at radius 1 is 1.25 bits per heavy atom. The molecule has 24 heavy (non-hydrogen) atoms. The highest BCUT2D eigenvalue weighted by atomic mass is 32.2. The second-order valence-corrected chi connectivity index (χ2v) is 6.71. The Hall–Kier alpha value is -2.48. The van der Waals surface area contributed by atoms with E-state index in [-0.39, 0.29) is 11.8 Å². The average molecular weight is 347 g/mol. The SMILES string of the molecule is CC(C)C(NC(N)=O)C(=O)Nc1ccc(Sc2nccn2C)cc1. The van der Waals surface area contributed by atoms with Crippen molar-refractivity contribution < 1.29 is 9.59 Å². The van der Waals surface area contributed by atoms with Crippen LogP contribution in [0, 0.1) is 5.92 Å². The summed E-state index contributed by atoms with van der Waals surface area (Å²) in [5.41, 5.74) is 5.77. The summed E-state index contributed by atoms with van der Waals surface area (Å²) < 4.78 is 1.93. The van der Waals surface area contributed by atoms with E-state index in [1.54, 1.807) is 6.20 Å². The summed E-state index contributed by atoms with van der Waals surface area (Å²) in [6.07, 6.45) is 3.63. The van der Waals surface area contributed by atoms with Crippen molar-refractivity contribution >= 4 is 29.4 Å². The molecular formula is C16H21N5O2S. The third-order valence-electron chi connectivity index (χ3n) is 3.35. The van der Waals surface area contributed by atoms with E-state index in [4.69, 9.17) is 5.73 Å². The first kappa shape index (κ1) is 17.9. The van der Waals surface area contributed by atoms with Crippen LogP contribution in [0.15, 0.2) is 46.7 Å². The minimum atomic E-state index is -0.717. The van der Waals surface area contributed by atoms with Gasteiger partial charge in [-0.15, -0.1) is 0 Å². The van der Waals surface area contributed by atoms with Crippen LogP contribution in [0.3, 0.4) is 0 Å². The van der Waals surface area contributed by atoms with Crippen LogP contribution in [0.25, 0.3) is 0 Å². The van der Waals surface area contributed by atoms with Gasteiger partial charge in [-0.2, -0.15) is 0 Å². The molecule has 1 atom stereocenters. The van der Waals surface area contributed by atoms with Crippen molar-refractivity contribution in [3.63, 3.8) is 0 Å². The maximum Gasteiger partial charge on any atom is 0.312 e. The molecule has 128 valence electrons. The molecule has 0 bridgehead atoms. The van der Waals surface area contributed by atoms with Crippen LogP contribution >= 0.6 is 11.8 Å². The number of nitrogens with two attached hydrogens (primary N) is 1. The molecule has 0 spiro atoms. The van der Waals surface area contributed by atoms with Gasteiger partial charge in [0.05, 0.1) is 0 Å². The highest BCUT2D eigenvalue weighted by molar-refractivity contribution is 7.99. The molecule has 1 aromatic carbocycles. The molecule has 0 aliphatic rings. The van der Waals surface area contributed by atoms with Crippen molar-refractivity contribution in [1.82, 2.24) is 14.9 Å². The lowest BCUT2D eigenvalue weighted by Gasteiger charge is -2.20. The number of hydrogen-bond acceptors (Lipinski definition) is 4. The van der Waals surface area contributed by atoms with Crippen molar-refractivity contribution in [3.8, 4) is 0 Å². The summed E-state index contributed by atoms with van der Waals surface area (Å²) in [5.74, 6) is -0.371. The van der Waals surface area contributed by atoms with Gasteiger partial charge in [0.25, 0.3) is 0 Å². The Morgan fingerprint density at radius 3 is 2.42 bits per heavy atom. The second kappa shape index (κ2) is 7.87. The number of anilines is 1. The van der Waals surface area contributed by atoms with E-state index in [1.807, 2.05) is 55.9 Å². The van der Waals surface area contributed by atoms with Gasteiger partial charge >= 0.3 is 6.03 Å². The summed E-state index contributed by atoms with van der Waals surface area (Å²) in [6.45, 7) is 3.68. The number of carbonyl (C=O) groups is 2. The molecule has 8 heteroatoms. The number of aryl methyl sites for hydroxylation is 1. The van der Waals surface area contributed by atoms with Crippen molar-refractivity contribution in [2.24, 2.45) is 18.7 Å². The zero-order valence-corrected chi connectivity index (χ0v) is 14.6. The standard InChI is InChI=1S/C16H21N5O2S/c1-10(2)13(20-15(17)23)14(22)19-11-4-6-12(7-5-11)24-16-18-8-9-21(16)3/h4-10,13H,1-3H3,(H,19,22)(H3,17,20,23). The lowest BCUT2D eigenvalue weighted by atomic mass is 10.0. The minimum Gasteiger partial charge on any atom is -0.352 e. The molecule has 4 N–H and O–H groups in total. The zero-order chi connectivity index (χ0) is 17.7. The summed E-state index contributed by atoms with van der Waals surface area (Å²) in [4.78, 5) is 28.6. The molecular weight excluding hydrogens is 326 g/mol. The monoisotopic (exact) mass is 347 g/mol. The molecule has 0 saturated carbocycles. The van der Waals surface area contributed by atoms with Crippen LogP contribution in [0.5, 0.6) is 0 Å². The zero-order valence-electron chi connectivity index (χ0n) is 13.8. The number of amides is 3. The second-order valence-electron chi connectivity index (χ2n) is 5.67. The molecule has 3 amide bonds. The highest BCUT2D eigenvalue weighted by Crippen LogP contribution is 2.26. The first-order valence-corrected chi connectivity index (χ1v) is 8.30. The van der Waals surface area contributed by atoms with E-state index in [0.717, 1.165) is 10.1 Å². The Morgan fingerprint density at radius 2 is 1.92 bits per heavy atom. The number of urea groups is 1. The molecule has 0 aliphatic heterocycles. The summed E-state index contributed by atoms with van der Waals surface area (Å²) in [5, 5.41) is 6.13. The molecule has 0 fully saturated rings. The van der Waals surface area contributed by atoms with Gasteiger partial charge in [0.15, 0.2) is 5.16 Å². The number of nitrogens with one attached hydrogen (secondary N) is 2. The van der Waals surface area contributed by atoms with Crippen LogP contribution in [0.4, 0.5) is 10.5 Å². The lowest BCUT2D eigenvalue weighted by molar-refractivity contribution is -0.118. The van der Waals surface area contributed by atoms with Gasteiger partial charge in [0, 0.05) is 30.0 Å². The van der Waals surface area contributed by atoms with Gasteiger partial charge in [0.1, 0.15) is 6.04 Å². The number of rotatable bonds is 6. The van der Waals surface area contributed by atoms with Gasteiger partial charge in [-0.25, -0.2) is 9.78 Å². The first-order valence-electron chi connectivity index (χ1n) is 7.49. The van der Waals surface area contributed by atoms with Crippen LogP contribution in [-0.2, 0) is 11.8 Å². The van der Waals surface area contributed by atoms with E-state index < -0.39 is 12.1 Å². The molecule has 2 rings (SSSR count). The Labute approximate surface area is 145 Å². The Kier molecular flexibility index (Phi) is 5.86. The van der Waals surface area contributed by atoms with Gasteiger partial charge < -0.3 is 20.9 Å². The number of aromatic nitrogens is 2. The van der Waals surface area contributed by atoms with Crippen molar-refractivity contribution in [2.75, 3.05) is 5.32 Å². The van der Waals surface area contributed by atoms with Crippen molar-refractivity contribution in [1.29, 1.82) is 0 Å². The van der Waals surface area contributed by atoms with E-state index >= 15 is 0 Å². The third kappa shape index (κ3) is 4.76. The summed E-state index contributed by atoms with van der Waals surface area (Å²) >= 11 is 1.53. The molecule has 1 unspecified atom stereocenters. The van der Waals surface area contributed by atoms with E-state index in [2.05, 4.69) is 15.6 Å². The van der Waals surface area contributed by atoms with Gasteiger partial charge in [-0.1, -0.05) is 25.6 Å². The van der Waals surface area contributed by atoms with Crippen LogP contribution in [-0.4, -0.2) is 27.5 Å². The maximum atomic E-state index is 12.3. The van der Waals surface area contributed by atoms with E-state index in [9.17, 15) is 9.59 Å². The van der Waals surface area contributed by atoms with Crippen LogP contribution < -0.4 is 16.4 Å². The normalized spacial score (nSPS) is 12.0. The predicted molar refractivity (Wildman–Crippen MR) is 93.7 cm³/mol. The molecule has 0 saturated heterocycles. The summed E-state index contributed by atoms with van der Waals surface area (Å²) in [7, 11) is 1.93. The highest BCUT2D eigenvalue weighted by Gasteiger charge is 2.23. The number of primary amides is 1. The number of carbonyl (C=O) groups excluding carboxylic acids is 2. The van der Waals surface area contributed by atoms with Crippen molar-refractivity contribution in [3.05, 3.63) is 36.7 Å². The maximum absolute atomic E-state index is 12.3. The predicted octanol–water partition coefficient (Wildman–Crippen LogP) is 2.20. The fraction of sp³-hybridized carbons (Fsp3) is 0.312. The smallest absolute Gasteiger partial charge is 0.312 e.